The van der Waals surface area contributed by atoms with Crippen LogP contribution in [0, 0.1) is 0 Å². The number of aliphatic hydroxyl groups excluding tert-OH is 1. The molecule has 0 saturated carbocycles. The van der Waals surface area contributed by atoms with Crippen LogP contribution in [-0.4, -0.2) is 21.8 Å². The van der Waals surface area contributed by atoms with Crippen molar-refractivity contribution in [2.24, 2.45) is 0 Å². The molecule has 6 nitrogen and oxygen atoms in total. The summed E-state index contributed by atoms with van der Waals surface area (Å²) in [5, 5.41) is 18.8. The smallest absolute Gasteiger partial charge is 0.181 e. The van der Waals surface area contributed by atoms with Crippen LogP contribution in [0.3, 0.4) is 0 Å². The number of rotatable bonds is 4. The first-order valence-corrected chi connectivity index (χ1v) is 12.6. The number of pyridine rings is 1. The minimum atomic E-state index is -0.489. The van der Waals surface area contributed by atoms with Crippen LogP contribution in [0.5, 0.6) is 5.75 Å². The van der Waals surface area contributed by atoms with Crippen LogP contribution in [0.15, 0.2) is 35.0 Å². The van der Waals surface area contributed by atoms with Crippen molar-refractivity contribution in [3.63, 3.8) is 0 Å². The second kappa shape index (κ2) is 8.40. The average Bonchev–Trinajstić information content (AvgIpc) is 3.47. The molecule has 6 rings (SSSR count). The Morgan fingerprint density at radius 1 is 1.27 bits per heavy atom. The first kappa shape index (κ1) is 21.1. The summed E-state index contributed by atoms with van der Waals surface area (Å²) in [7, 11) is 0. The van der Waals surface area contributed by atoms with Crippen molar-refractivity contribution >= 4 is 33.2 Å². The highest BCUT2D eigenvalue weighted by atomic mass is 35.5. The lowest BCUT2D eigenvalue weighted by molar-refractivity contribution is 0.140. The van der Waals surface area contributed by atoms with E-state index in [4.69, 9.17) is 20.9 Å². The zero-order valence-corrected chi connectivity index (χ0v) is 19.8. The topological polar surface area (TPSA) is 80.4 Å². The highest BCUT2D eigenvalue weighted by molar-refractivity contribution is 7.19. The van der Waals surface area contributed by atoms with E-state index in [9.17, 15) is 5.11 Å². The van der Waals surface area contributed by atoms with E-state index in [1.54, 1.807) is 17.5 Å². The minimum absolute atomic E-state index is 0.188. The Hall–Kier alpha value is -2.45. The fourth-order valence-electron chi connectivity index (χ4n) is 4.80. The van der Waals surface area contributed by atoms with Crippen molar-refractivity contribution in [2.75, 3.05) is 6.54 Å². The molecule has 0 saturated heterocycles. The quantitative estimate of drug-likeness (QED) is 0.385. The maximum atomic E-state index is 10.4. The number of aliphatic hydroxyl groups is 1. The number of hydrogen-bond acceptors (Lipinski definition) is 7. The number of benzene rings is 1. The number of aromatic nitrogens is 2. The Morgan fingerprint density at radius 2 is 2.18 bits per heavy atom. The highest BCUT2D eigenvalue weighted by Gasteiger charge is 2.32. The first-order chi connectivity index (χ1) is 16.1. The third-order valence-corrected chi connectivity index (χ3v) is 8.01. The Balaban J connectivity index is 1.45. The maximum absolute atomic E-state index is 10.4. The summed E-state index contributed by atoms with van der Waals surface area (Å²) in [6, 6.07) is 7.93. The number of fused-ring (bicyclic) bond motifs is 3. The molecule has 33 heavy (non-hydrogen) atoms. The van der Waals surface area contributed by atoms with Crippen LogP contribution in [0.4, 0.5) is 0 Å². The van der Waals surface area contributed by atoms with Crippen LogP contribution in [-0.2, 0) is 19.4 Å². The standard InChI is InChI=1S/C25H24ClN3O3S/c1-2-20(30)22-11-19-25(33-22)15(5-8-28-19)16-10-14(26)9-13-3-4-21(31-23(13)16)24-17-12-27-7-6-18(17)29-32-24/h5,8-11,20-21,27,30H,2-4,6-7,12H2,1H3. The van der Waals surface area contributed by atoms with E-state index in [0.717, 1.165) is 86.9 Å². The van der Waals surface area contributed by atoms with Crippen molar-refractivity contribution in [2.45, 2.75) is 51.4 Å². The Bertz CT molecular complexity index is 1350. The van der Waals surface area contributed by atoms with Crippen molar-refractivity contribution < 1.29 is 14.4 Å². The zero-order valence-electron chi connectivity index (χ0n) is 18.2. The van der Waals surface area contributed by atoms with Gasteiger partial charge in [-0.15, -0.1) is 11.3 Å². The molecule has 2 aliphatic heterocycles. The van der Waals surface area contributed by atoms with Gasteiger partial charge < -0.3 is 19.7 Å². The fourth-order valence-corrected chi connectivity index (χ4v) is 6.25. The number of hydrogen-bond donors (Lipinski definition) is 2. The van der Waals surface area contributed by atoms with Gasteiger partial charge in [0.1, 0.15) is 5.75 Å². The number of nitrogens with zero attached hydrogens (tertiary/aromatic N) is 2. The predicted molar refractivity (Wildman–Crippen MR) is 129 cm³/mol. The molecule has 0 radical (unpaired) electrons. The molecule has 2 atom stereocenters. The molecule has 3 aromatic heterocycles. The van der Waals surface area contributed by atoms with Crippen molar-refractivity contribution in [3.8, 4) is 16.9 Å². The van der Waals surface area contributed by atoms with Gasteiger partial charge in [0.2, 0.25) is 0 Å². The molecular weight excluding hydrogens is 458 g/mol. The van der Waals surface area contributed by atoms with E-state index < -0.39 is 6.10 Å². The molecule has 0 bridgehead atoms. The van der Waals surface area contributed by atoms with Crippen LogP contribution in [0.25, 0.3) is 21.3 Å². The zero-order chi connectivity index (χ0) is 22.5. The van der Waals surface area contributed by atoms with Gasteiger partial charge in [-0.25, -0.2) is 0 Å². The number of thiophene rings is 1. The van der Waals surface area contributed by atoms with Gasteiger partial charge in [-0.2, -0.15) is 0 Å². The monoisotopic (exact) mass is 481 g/mol. The Morgan fingerprint density at radius 3 is 3.06 bits per heavy atom. The molecule has 8 heteroatoms. The molecular formula is C25H24ClN3O3S. The van der Waals surface area contributed by atoms with Gasteiger partial charge in [-0.05, 0) is 49.1 Å². The summed E-state index contributed by atoms with van der Waals surface area (Å²) in [5.41, 5.74) is 6.09. The molecule has 2 unspecified atom stereocenters. The van der Waals surface area contributed by atoms with E-state index >= 15 is 0 Å². The van der Waals surface area contributed by atoms with Gasteiger partial charge in [0, 0.05) is 52.3 Å². The lowest BCUT2D eigenvalue weighted by Crippen LogP contribution is -2.25. The minimum Gasteiger partial charge on any atom is -0.481 e. The summed E-state index contributed by atoms with van der Waals surface area (Å²) in [6.07, 6.45) is 4.32. The Labute approximate surface area is 200 Å². The summed E-state index contributed by atoms with van der Waals surface area (Å²) in [5.74, 6) is 1.66. The largest absolute Gasteiger partial charge is 0.481 e. The molecule has 2 N–H and O–H groups in total. The number of aryl methyl sites for hydroxylation is 1. The second-order valence-electron chi connectivity index (χ2n) is 8.63. The molecule has 0 fully saturated rings. The van der Waals surface area contributed by atoms with Crippen LogP contribution in [0.2, 0.25) is 5.02 Å². The molecule has 0 aliphatic carbocycles. The molecule has 0 spiro atoms. The predicted octanol–water partition coefficient (Wildman–Crippen LogP) is 5.76. The lowest BCUT2D eigenvalue weighted by Gasteiger charge is -2.28. The molecule has 0 amide bonds. The molecule has 170 valence electrons. The van der Waals surface area contributed by atoms with E-state index in [-0.39, 0.29) is 6.10 Å². The molecule has 2 aliphatic rings. The third kappa shape index (κ3) is 3.64. The van der Waals surface area contributed by atoms with Crippen molar-refractivity contribution in [3.05, 3.63) is 62.9 Å². The molecule has 4 aromatic rings. The van der Waals surface area contributed by atoms with Gasteiger partial charge in [0.15, 0.2) is 11.9 Å². The van der Waals surface area contributed by atoms with Crippen molar-refractivity contribution in [1.82, 2.24) is 15.5 Å². The van der Waals surface area contributed by atoms with Crippen LogP contribution < -0.4 is 10.1 Å². The number of nitrogens with one attached hydrogen (secondary N) is 1. The third-order valence-electron chi connectivity index (χ3n) is 6.54. The van der Waals surface area contributed by atoms with E-state index in [1.807, 2.05) is 31.2 Å². The lowest BCUT2D eigenvalue weighted by atomic mass is 9.93. The van der Waals surface area contributed by atoms with Crippen molar-refractivity contribution in [1.29, 1.82) is 0 Å². The first-order valence-electron chi connectivity index (χ1n) is 11.4. The summed E-state index contributed by atoms with van der Waals surface area (Å²) < 4.78 is 13.4. The van der Waals surface area contributed by atoms with E-state index in [2.05, 4.69) is 15.5 Å². The van der Waals surface area contributed by atoms with Gasteiger partial charge in [-0.3, -0.25) is 4.98 Å². The van der Waals surface area contributed by atoms with E-state index in [1.165, 1.54) is 0 Å². The highest BCUT2D eigenvalue weighted by Crippen LogP contribution is 2.47. The Kier molecular flexibility index (Phi) is 5.37. The second-order valence-corrected chi connectivity index (χ2v) is 10.2. The summed E-state index contributed by atoms with van der Waals surface area (Å²) in [4.78, 5) is 5.46. The maximum Gasteiger partial charge on any atom is 0.181 e. The number of ether oxygens (including phenoxy) is 1. The number of halogens is 1. The van der Waals surface area contributed by atoms with Gasteiger partial charge in [-0.1, -0.05) is 23.7 Å². The molecule has 1 aromatic carbocycles. The van der Waals surface area contributed by atoms with Gasteiger partial charge in [0.05, 0.1) is 22.0 Å². The normalized spacial score (nSPS) is 18.6. The van der Waals surface area contributed by atoms with Crippen LogP contribution in [0.1, 0.15) is 59.4 Å². The molecule has 5 heterocycles. The summed E-state index contributed by atoms with van der Waals surface area (Å²) >= 11 is 8.12. The average molecular weight is 482 g/mol. The van der Waals surface area contributed by atoms with E-state index in [0.29, 0.717) is 11.4 Å². The van der Waals surface area contributed by atoms with Gasteiger partial charge in [0.25, 0.3) is 0 Å². The van der Waals surface area contributed by atoms with Crippen LogP contribution >= 0.6 is 22.9 Å². The SMILES string of the molecule is CCC(O)c1cc2nccc(-c3cc(Cl)cc4c3OC(c3onc5c3CNCC5)CC4)c2s1. The fraction of sp³-hybridized carbons (Fsp3) is 0.360. The summed E-state index contributed by atoms with van der Waals surface area (Å²) in [6.45, 7) is 3.66. The van der Waals surface area contributed by atoms with Gasteiger partial charge >= 0.3 is 0 Å².